The molecule has 0 radical (unpaired) electrons. The smallest absolute Gasteiger partial charge is 0.251 e. The molecule has 116 valence electrons. The first kappa shape index (κ1) is 14.8. The number of aromatic nitrogens is 3. The summed E-state index contributed by atoms with van der Waals surface area (Å²) in [5.74, 6) is -2.19. The van der Waals surface area contributed by atoms with Crippen molar-refractivity contribution >= 4 is 5.91 Å². The predicted octanol–water partition coefficient (Wildman–Crippen LogP) is 2.34. The highest BCUT2D eigenvalue weighted by atomic mass is 19.2. The van der Waals surface area contributed by atoms with E-state index >= 15 is 0 Å². The number of nitrogens with zero attached hydrogens (tertiary/aromatic N) is 3. The topological polar surface area (TPSA) is 80.9 Å². The summed E-state index contributed by atoms with van der Waals surface area (Å²) in [6.45, 7) is -0.0318. The number of benzene rings is 1. The van der Waals surface area contributed by atoms with Gasteiger partial charge in [0.2, 0.25) is 11.8 Å². The largest absolute Gasteiger partial charge is 0.419 e. The summed E-state index contributed by atoms with van der Waals surface area (Å²) in [5, 5.41) is 10.2. The second-order valence-corrected chi connectivity index (χ2v) is 4.55. The first-order valence-electron chi connectivity index (χ1n) is 6.59. The Morgan fingerprint density at radius 1 is 1.09 bits per heavy atom. The Kier molecular flexibility index (Phi) is 4.05. The molecule has 0 saturated carbocycles. The number of carbonyl (C=O) groups is 1. The van der Waals surface area contributed by atoms with Gasteiger partial charge in [-0.1, -0.05) is 0 Å². The van der Waals surface area contributed by atoms with E-state index in [4.69, 9.17) is 4.42 Å². The Balaban J connectivity index is 1.65. The number of nitrogens with one attached hydrogen (secondary N) is 1. The molecular weight excluding hydrogens is 306 g/mol. The van der Waals surface area contributed by atoms with Gasteiger partial charge in [-0.25, -0.2) is 8.78 Å². The van der Waals surface area contributed by atoms with E-state index in [9.17, 15) is 13.6 Å². The van der Waals surface area contributed by atoms with Crippen molar-refractivity contribution in [3.05, 3.63) is 65.8 Å². The molecule has 3 rings (SSSR count). The van der Waals surface area contributed by atoms with Crippen molar-refractivity contribution < 1.29 is 18.0 Å². The number of hydrogen-bond acceptors (Lipinski definition) is 5. The van der Waals surface area contributed by atoms with Crippen LogP contribution in [0, 0.1) is 11.6 Å². The van der Waals surface area contributed by atoms with Crippen LogP contribution in [0.25, 0.3) is 11.5 Å². The molecule has 23 heavy (non-hydrogen) atoms. The third-order valence-electron chi connectivity index (χ3n) is 2.98. The average molecular weight is 316 g/mol. The molecule has 1 aromatic carbocycles. The fourth-order valence-electron chi connectivity index (χ4n) is 1.83. The molecule has 0 unspecified atom stereocenters. The van der Waals surface area contributed by atoms with Crippen LogP contribution in [-0.4, -0.2) is 21.1 Å². The monoisotopic (exact) mass is 316 g/mol. The van der Waals surface area contributed by atoms with E-state index in [0.29, 0.717) is 11.5 Å². The van der Waals surface area contributed by atoms with Gasteiger partial charge < -0.3 is 9.73 Å². The van der Waals surface area contributed by atoms with Crippen LogP contribution < -0.4 is 5.32 Å². The van der Waals surface area contributed by atoms with Gasteiger partial charge in [0.1, 0.15) is 0 Å². The number of halogens is 2. The molecular formula is C15H10F2N4O2. The van der Waals surface area contributed by atoms with Crippen LogP contribution in [0.1, 0.15) is 16.2 Å². The van der Waals surface area contributed by atoms with Crippen molar-refractivity contribution in [2.24, 2.45) is 0 Å². The van der Waals surface area contributed by atoms with Crippen molar-refractivity contribution in [3.63, 3.8) is 0 Å². The summed E-state index contributed by atoms with van der Waals surface area (Å²) < 4.78 is 31.3. The van der Waals surface area contributed by atoms with Crippen molar-refractivity contribution in [2.75, 3.05) is 0 Å². The van der Waals surface area contributed by atoms with Gasteiger partial charge in [0.25, 0.3) is 5.91 Å². The van der Waals surface area contributed by atoms with E-state index in [-0.39, 0.29) is 18.0 Å². The zero-order chi connectivity index (χ0) is 16.2. The van der Waals surface area contributed by atoms with Crippen LogP contribution >= 0.6 is 0 Å². The maximum Gasteiger partial charge on any atom is 0.251 e. The minimum Gasteiger partial charge on any atom is -0.419 e. The van der Waals surface area contributed by atoms with E-state index in [1.54, 1.807) is 24.5 Å². The van der Waals surface area contributed by atoms with Gasteiger partial charge >= 0.3 is 0 Å². The SMILES string of the molecule is O=C(NCc1nnc(-c2ccncc2)o1)c1ccc(F)c(F)c1. The normalized spacial score (nSPS) is 10.5. The lowest BCUT2D eigenvalue weighted by atomic mass is 10.2. The summed E-state index contributed by atoms with van der Waals surface area (Å²) in [7, 11) is 0. The van der Waals surface area contributed by atoms with Gasteiger partial charge in [0.15, 0.2) is 11.6 Å². The lowest BCUT2D eigenvalue weighted by Crippen LogP contribution is -2.23. The van der Waals surface area contributed by atoms with Gasteiger partial charge in [-0.2, -0.15) is 0 Å². The number of rotatable bonds is 4. The molecule has 1 N–H and O–H groups in total. The number of amides is 1. The van der Waals surface area contributed by atoms with E-state index in [0.717, 1.165) is 12.1 Å². The molecule has 0 fully saturated rings. The zero-order valence-corrected chi connectivity index (χ0v) is 11.7. The summed E-state index contributed by atoms with van der Waals surface area (Å²) in [5.41, 5.74) is 0.698. The predicted molar refractivity (Wildman–Crippen MR) is 75.1 cm³/mol. The molecule has 0 saturated heterocycles. The van der Waals surface area contributed by atoms with Gasteiger partial charge in [-0.3, -0.25) is 9.78 Å². The third-order valence-corrected chi connectivity index (χ3v) is 2.98. The Morgan fingerprint density at radius 3 is 2.61 bits per heavy atom. The van der Waals surface area contributed by atoms with Gasteiger partial charge in [-0.15, -0.1) is 10.2 Å². The summed E-state index contributed by atoms with van der Waals surface area (Å²) in [6.07, 6.45) is 3.17. The maximum atomic E-state index is 13.1. The molecule has 0 atom stereocenters. The van der Waals surface area contributed by atoms with Gasteiger partial charge in [-0.05, 0) is 30.3 Å². The van der Waals surface area contributed by atoms with Crippen LogP contribution in [0.4, 0.5) is 8.78 Å². The van der Waals surface area contributed by atoms with Crippen LogP contribution in [-0.2, 0) is 6.54 Å². The molecule has 8 heteroatoms. The summed E-state index contributed by atoms with van der Waals surface area (Å²) in [4.78, 5) is 15.7. The van der Waals surface area contributed by atoms with Crippen molar-refractivity contribution in [3.8, 4) is 11.5 Å². The lowest BCUT2D eigenvalue weighted by Gasteiger charge is -2.03. The van der Waals surface area contributed by atoms with Crippen molar-refractivity contribution in [2.45, 2.75) is 6.54 Å². The fourth-order valence-corrected chi connectivity index (χ4v) is 1.83. The Labute approximate surface area is 129 Å². The van der Waals surface area contributed by atoms with Crippen LogP contribution in [0.5, 0.6) is 0 Å². The zero-order valence-electron chi connectivity index (χ0n) is 11.7. The van der Waals surface area contributed by atoms with E-state index in [2.05, 4.69) is 20.5 Å². The van der Waals surface area contributed by atoms with E-state index < -0.39 is 17.5 Å². The molecule has 2 aromatic heterocycles. The Hall–Kier alpha value is -3.16. The Morgan fingerprint density at radius 2 is 1.87 bits per heavy atom. The van der Waals surface area contributed by atoms with Crippen LogP contribution in [0.15, 0.2) is 47.1 Å². The summed E-state index contributed by atoms with van der Waals surface area (Å²) in [6, 6.07) is 6.30. The second-order valence-electron chi connectivity index (χ2n) is 4.55. The molecule has 3 aromatic rings. The van der Waals surface area contributed by atoms with Crippen LogP contribution in [0.3, 0.4) is 0 Å². The highest BCUT2D eigenvalue weighted by Gasteiger charge is 2.12. The maximum absolute atomic E-state index is 13.1. The summed E-state index contributed by atoms with van der Waals surface area (Å²) >= 11 is 0. The van der Waals surface area contributed by atoms with Crippen molar-refractivity contribution in [1.82, 2.24) is 20.5 Å². The highest BCUT2D eigenvalue weighted by Crippen LogP contribution is 2.16. The second kappa shape index (κ2) is 6.30. The first-order chi connectivity index (χ1) is 11.1. The number of pyridine rings is 1. The molecule has 0 aliphatic rings. The van der Waals surface area contributed by atoms with Crippen molar-refractivity contribution in [1.29, 1.82) is 0 Å². The van der Waals surface area contributed by atoms with E-state index in [1.807, 2.05) is 0 Å². The van der Waals surface area contributed by atoms with E-state index in [1.165, 1.54) is 6.07 Å². The molecule has 0 aliphatic heterocycles. The number of hydrogen-bond donors (Lipinski definition) is 1. The quantitative estimate of drug-likeness (QED) is 0.799. The Bertz CT molecular complexity index is 837. The number of carbonyl (C=O) groups excluding carboxylic acids is 1. The average Bonchev–Trinajstić information content (AvgIpc) is 3.05. The highest BCUT2D eigenvalue weighted by molar-refractivity contribution is 5.94. The molecule has 0 aliphatic carbocycles. The van der Waals surface area contributed by atoms with Crippen LogP contribution in [0.2, 0.25) is 0 Å². The molecule has 0 bridgehead atoms. The molecule has 0 spiro atoms. The fraction of sp³-hybridized carbons (Fsp3) is 0.0667. The molecule has 6 nitrogen and oxygen atoms in total. The minimum absolute atomic E-state index is 0.00206. The molecule has 1 amide bonds. The lowest BCUT2D eigenvalue weighted by molar-refractivity contribution is 0.0947. The van der Waals surface area contributed by atoms with Gasteiger partial charge in [0, 0.05) is 23.5 Å². The van der Waals surface area contributed by atoms with Gasteiger partial charge in [0.05, 0.1) is 6.54 Å². The third kappa shape index (κ3) is 3.37. The molecule has 2 heterocycles. The first-order valence-corrected chi connectivity index (χ1v) is 6.59. The standard InChI is InChI=1S/C15H10F2N4O2/c16-11-2-1-10(7-12(11)17)14(22)19-8-13-20-21-15(23-13)9-3-5-18-6-4-9/h1-7H,8H2,(H,19,22). The minimum atomic E-state index is -1.09.